The highest BCUT2D eigenvalue weighted by Crippen LogP contribution is 2.33. The van der Waals surface area contributed by atoms with Crippen LogP contribution in [-0.2, 0) is 17.6 Å². The summed E-state index contributed by atoms with van der Waals surface area (Å²) in [7, 11) is 0. The molecule has 2 rings (SSSR count). The first kappa shape index (κ1) is 41.6. The molecule has 268 valence electrons. The first-order valence-electron chi connectivity index (χ1n) is 18.4. The first-order valence-corrected chi connectivity index (χ1v) is 18.4. The Labute approximate surface area is 302 Å². The molecule has 0 radical (unpaired) electrons. The molecule has 0 unspecified atom stereocenters. The van der Waals surface area contributed by atoms with Crippen molar-refractivity contribution in [3.63, 3.8) is 0 Å². The Morgan fingerprint density at radius 2 is 1.10 bits per heavy atom. The Hall–Kier alpha value is -4.57. The number of phenolic OH excluding ortho intramolecular Hbond substituents is 2. The Balaban J connectivity index is 1.82. The Kier molecular flexibility index (Phi) is 21.9. The van der Waals surface area contributed by atoms with E-state index in [9.17, 15) is 15.0 Å². The molecule has 0 saturated heterocycles. The van der Waals surface area contributed by atoms with E-state index in [1.54, 1.807) is 24.3 Å². The monoisotopic (exact) mass is 676 g/mol. The van der Waals surface area contributed by atoms with Crippen molar-refractivity contribution in [2.24, 2.45) is 11.8 Å². The lowest BCUT2D eigenvalue weighted by molar-refractivity contribution is -0.129. The van der Waals surface area contributed by atoms with Gasteiger partial charge in [0.25, 0.3) is 0 Å². The van der Waals surface area contributed by atoms with Gasteiger partial charge in [0, 0.05) is 11.6 Å². The van der Waals surface area contributed by atoms with Crippen LogP contribution >= 0.6 is 0 Å². The molecule has 0 heterocycles. The fraction of sp³-hybridized carbons (Fsp3) is 0.370. The molecular formula is C46H60O4. The zero-order valence-electron chi connectivity index (χ0n) is 30.8. The molecule has 2 aromatic rings. The highest BCUT2D eigenvalue weighted by molar-refractivity contribution is 5.84. The smallest absolute Gasteiger partial charge is 0.336 e. The Bertz CT molecular complexity index is 1480. The van der Waals surface area contributed by atoms with Crippen LogP contribution in [0.3, 0.4) is 0 Å². The van der Waals surface area contributed by atoms with E-state index >= 15 is 0 Å². The molecule has 0 aliphatic heterocycles. The number of allylic oxidation sites excluding steroid dienone is 14. The van der Waals surface area contributed by atoms with E-state index in [2.05, 4.69) is 27.7 Å². The lowest BCUT2D eigenvalue weighted by Crippen LogP contribution is -2.07. The van der Waals surface area contributed by atoms with Gasteiger partial charge in [-0.15, -0.1) is 0 Å². The molecule has 0 aliphatic carbocycles. The van der Waals surface area contributed by atoms with E-state index < -0.39 is 5.97 Å². The number of benzene rings is 2. The normalized spacial score (nSPS) is 12.8. The maximum absolute atomic E-state index is 12.7. The maximum Gasteiger partial charge on any atom is 0.336 e. The van der Waals surface area contributed by atoms with Crippen molar-refractivity contribution < 1.29 is 19.7 Å². The molecule has 2 aromatic carbocycles. The average Bonchev–Trinajstić information content (AvgIpc) is 3.07. The molecule has 0 aliphatic rings. The second-order valence-electron chi connectivity index (χ2n) is 13.5. The minimum absolute atomic E-state index is 0.229. The molecule has 4 heteroatoms. The second kappa shape index (κ2) is 26.3. The summed E-state index contributed by atoms with van der Waals surface area (Å²) in [5, 5.41) is 20.2. The average molecular weight is 677 g/mol. The molecule has 0 spiro atoms. The second-order valence-corrected chi connectivity index (χ2v) is 13.5. The summed E-state index contributed by atoms with van der Waals surface area (Å²) in [6.07, 6.45) is 42.1. The molecule has 0 aromatic heterocycles. The van der Waals surface area contributed by atoms with Crippen LogP contribution in [0.5, 0.6) is 17.2 Å². The van der Waals surface area contributed by atoms with Gasteiger partial charge < -0.3 is 14.9 Å². The topological polar surface area (TPSA) is 66.8 Å². The zero-order chi connectivity index (χ0) is 36.2. The highest BCUT2D eigenvalue weighted by atomic mass is 16.5. The number of esters is 1. The highest BCUT2D eigenvalue weighted by Gasteiger charge is 2.14. The number of aryl methyl sites for hydroxylation is 1. The number of carbonyl (C=O) groups excluding carboxylic acids is 1. The summed E-state index contributed by atoms with van der Waals surface area (Å²) in [6.45, 7) is 8.98. The van der Waals surface area contributed by atoms with Crippen LogP contribution in [0.1, 0.15) is 102 Å². The molecular weight excluding hydrogens is 617 g/mol. The number of aromatic hydroxyl groups is 2. The van der Waals surface area contributed by atoms with Crippen LogP contribution in [-0.4, -0.2) is 16.2 Å². The van der Waals surface area contributed by atoms with E-state index in [4.69, 9.17) is 4.74 Å². The van der Waals surface area contributed by atoms with E-state index in [0.29, 0.717) is 18.1 Å². The number of unbranched alkanes of at least 4 members (excludes halogenated alkanes) is 5. The number of rotatable bonds is 23. The number of phenols is 2. The summed E-state index contributed by atoms with van der Waals surface area (Å²) in [5.41, 5.74) is 2.76. The molecule has 0 amide bonds. The number of carbonyl (C=O) groups is 1. The van der Waals surface area contributed by atoms with Crippen LogP contribution in [0, 0.1) is 11.8 Å². The van der Waals surface area contributed by atoms with Crippen molar-refractivity contribution >= 4 is 12.0 Å². The van der Waals surface area contributed by atoms with Gasteiger partial charge in [0.2, 0.25) is 0 Å². The SMILES string of the molecule is CC(C)CCCCCCCCc1c(O)cc(CCCC(C)C)cc1OC(=O)C=CC=CC=CC=CC=CC=CC=CC=Cc1ccc(O)cc1. The zero-order valence-corrected chi connectivity index (χ0v) is 30.8. The molecule has 2 N–H and O–H groups in total. The van der Waals surface area contributed by atoms with Crippen LogP contribution in [0.4, 0.5) is 0 Å². The van der Waals surface area contributed by atoms with Crippen molar-refractivity contribution in [2.45, 2.75) is 98.3 Å². The Morgan fingerprint density at radius 1 is 0.600 bits per heavy atom. The van der Waals surface area contributed by atoms with Crippen molar-refractivity contribution in [3.8, 4) is 17.2 Å². The third kappa shape index (κ3) is 20.7. The van der Waals surface area contributed by atoms with Crippen molar-refractivity contribution in [1.82, 2.24) is 0 Å². The number of ether oxygens (including phenoxy) is 1. The predicted molar refractivity (Wildman–Crippen MR) is 213 cm³/mol. The van der Waals surface area contributed by atoms with Gasteiger partial charge in [-0.1, -0.05) is 176 Å². The third-order valence-corrected chi connectivity index (χ3v) is 8.02. The van der Waals surface area contributed by atoms with E-state index in [1.165, 1.54) is 38.2 Å². The van der Waals surface area contributed by atoms with Gasteiger partial charge in [-0.05, 0) is 72.9 Å². The number of hydrogen-bond acceptors (Lipinski definition) is 4. The summed E-state index contributed by atoms with van der Waals surface area (Å²) < 4.78 is 5.79. The quantitative estimate of drug-likeness (QED) is 0.0404. The summed E-state index contributed by atoms with van der Waals surface area (Å²) in [6, 6.07) is 10.8. The van der Waals surface area contributed by atoms with Gasteiger partial charge in [-0.3, -0.25) is 0 Å². The van der Waals surface area contributed by atoms with Gasteiger partial charge in [0.15, 0.2) is 0 Å². The van der Waals surface area contributed by atoms with Gasteiger partial charge in [0.05, 0.1) is 0 Å². The summed E-state index contributed by atoms with van der Waals surface area (Å²) in [5.74, 6) is 1.91. The molecule has 0 atom stereocenters. The van der Waals surface area contributed by atoms with Crippen molar-refractivity contribution in [2.75, 3.05) is 0 Å². The maximum atomic E-state index is 12.7. The van der Waals surface area contributed by atoms with E-state index in [1.807, 2.05) is 103 Å². The summed E-state index contributed by atoms with van der Waals surface area (Å²) >= 11 is 0. The van der Waals surface area contributed by atoms with Crippen molar-refractivity contribution in [3.05, 3.63) is 144 Å². The van der Waals surface area contributed by atoms with Gasteiger partial charge in [-0.25, -0.2) is 4.79 Å². The molecule has 0 fully saturated rings. The van der Waals surface area contributed by atoms with Crippen LogP contribution in [0.25, 0.3) is 6.08 Å². The van der Waals surface area contributed by atoms with E-state index in [0.717, 1.165) is 54.7 Å². The fourth-order valence-electron chi connectivity index (χ4n) is 5.25. The lowest BCUT2D eigenvalue weighted by Gasteiger charge is -2.14. The molecule has 50 heavy (non-hydrogen) atoms. The van der Waals surface area contributed by atoms with Gasteiger partial charge in [-0.2, -0.15) is 0 Å². The minimum atomic E-state index is -0.454. The minimum Gasteiger partial charge on any atom is -0.508 e. The van der Waals surface area contributed by atoms with Crippen LogP contribution in [0.15, 0.2) is 128 Å². The van der Waals surface area contributed by atoms with E-state index in [-0.39, 0.29) is 11.5 Å². The molecule has 0 saturated carbocycles. The summed E-state index contributed by atoms with van der Waals surface area (Å²) in [4.78, 5) is 12.7. The largest absolute Gasteiger partial charge is 0.508 e. The van der Waals surface area contributed by atoms with Gasteiger partial charge >= 0.3 is 5.97 Å². The third-order valence-electron chi connectivity index (χ3n) is 8.02. The Morgan fingerprint density at radius 3 is 1.68 bits per heavy atom. The fourth-order valence-corrected chi connectivity index (χ4v) is 5.25. The first-order chi connectivity index (χ1) is 24.2. The molecule has 4 nitrogen and oxygen atoms in total. The van der Waals surface area contributed by atoms with Gasteiger partial charge in [0.1, 0.15) is 17.2 Å². The molecule has 0 bridgehead atoms. The van der Waals surface area contributed by atoms with Crippen molar-refractivity contribution in [1.29, 1.82) is 0 Å². The lowest BCUT2D eigenvalue weighted by atomic mass is 9.98. The van der Waals surface area contributed by atoms with Crippen LogP contribution in [0.2, 0.25) is 0 Å². The van der Waals surface area contributed by atoms with Crippen LogP contribution < -0.4 is 4.74 Å². The number of hydrogen-bond donors (Lipinski definition) is 2. The standard InChI is InChI=1S/C46H60O4/c1-38(2)26-21-17-15-16-19-23-30-43-44(48)36-41(29-25-27-39(3)4)37-45(43)50-46(49)31-24-20-14-12-10-8-6-5-7-9-11-13-18-22-28-40-32-34-42(47)35-33-40/h5-14,18,20,22,24,28,31-39,47-48H,15-17,19,21,23,25-27,29-30H2,1-4H3. The predicted octanol–water partition coefficient (Wildman–Crippen LogP) is 12.5.